The molecule has 3 nitrogen and oxygen atoms in total. The minimum atomic E-state index is -0.101. The van der Waals surface area contributed by atoms with Crippen molar-refractivity contribution < 1.29 is 10.2 Å². The Balaban J connectivity index is 1.77. The summed E-state index contributed by atoms with van der Waals surface area (Å²) in [7, 11) is 0. The molecule has 0 aromatic heterocycles. The van der Waals surface area contributed by atoms with Crippen LogP contribution in [0.4, 0.5) is 0 Å². The first-order valence-electron chi connectivity index (χ1n) is 10.3. The molecule has 0 saturated heterocycles. The van der Waals surface area contributed by atoms with Crippen molar-refractivity contribution in [2.24, 2.45) is 5.92 Å². The molecule has 1 aliphatic rings. The van der Waals surface area contributed by atoms with Crippen LogP contribution in [0.2, 0.25) is 0 Å². The molecule has 0 amide bonds. The number of hydrogen-bond acceptors (Lipinski definition) is 3. The third kappa shape index (κ3) is 6.99. The van der Waals surface area contributed by atoms with Crippen molar-refractivity contribution in [3.63, 3.8) is 0 Å². The quantitative estimate of drug-likeness (QED) is 0.641. The van der Waals surface area contributed by atoms with Crippen LogP contribution in [0.1, 0.15) is 70.8 Å². The Morgan fingerprint density at radius 2 is 1.76 bits per heavy atom. The molecule has 1 aromatic rings. The number of aliphatic hydroxyl groups is 1. The second-order valence-corrected chi connectivity index (χ2v) is 7.86. The highest BCUT2D eigenvalue weighted by Crippen LogP contribution is 2.28. The Bertz CT molecular complexity index is 467. The fraction of sp³-hybridized carbons (Fsp3) is 0.727. The van der Waals surface area contributed by atoms with E-state index < -0.39 is 0 Å². The van der Waals surface area contributed by atoms with Gasteiger partial charge >= 0.3 is 0 Å². The van der Waals surface area contributed by atoms with Gasteiger partial charge in [0, 0.05) is 6.04 Å². The summed E-state index contributed by atoms with van der Waals surface area (Å²) < 4.78 is 0. The monoisotopic (exact) mass is 347 g/mol. The van der Waals surface area contributed by atoms with E-state index in [4.69, 9.17) is 0 Å². The summed E-state index contributed by atoms with van der Waals surface area (Å²) in [5.41, 5.74) is 1.27. The van der Waals surface area contributed by atoms with Gasteiger partial charge in [-0.1, -0.05) is 38.3 Å². The maximum atomic E-state index is 10.5. The van der Waals surface area contributed by atoms with E-state index in [1.165, 1.54) is 37.7 Å². The van der Waals surface area contributed by atoms with Crippen molar-refractivity contribution in [1.82, 2.24) is 4.90 Å². The first-order chi connectivity index (χ1) is 12.1. The molecule has 1 fully saturated rings. The standard InChI is InChI=1S/C22H37NO2/c1-3-15-23(18(2)17-19-11-13-21(24)14-12-19)16-7-10-22(25)20-8-5-4-6-9-20/h11-14,18,20,22,24-25H,3-10,15-17H2,1-2H3. The van der Waals surface area contributed by atoms with E-state index in [0.717, 1.165) is 38.8 Å². The molecule has 1 aliphatic carbocycles. The molecule has 0 spiro atoms. The van der Waals surface area contributed by atoms with Crippen LogP contribution in [0, 0.1) is 5.92 Å². The number of aliphatic hydroxyl groups excluding tert-OH is 1. The third-order valence-corrected chi connectivity index (χ3v) is 5.74. The van der Waals surface area contributed by atoms with Gasteiger partial charge < -0.3 is 15.1 Å². The van der Waals surface area contributed by atoms with Crippen LogP contribution in [-0.2, 0) is 6.42 Å². The van der Waals surface area contributed by atoms with E-state index in [1.807, 2.05) is 12.1 Å². The normalized spacial score (nSPS) is 18.4. The molecule has 1 aromatic carbocycles. The lowest BCUT2D eigenvalue weighted by atomic mass is 9.84. The molecule has 0 aliphatic heterocycles. The molecule has 2 N–H and O–H groups in total. The molecule has 1 saturated carbocycles. The molecule has 25 heavy (non-hydrogen) atoms. The van der Waals surface area contributed by atoms with E-state index in [9.17, 15) is 10.2 Å². The van der Waals surface area contributed by atoms with Crippen LogP contribution in [0.15, 0.2) is 24.3 Å². The zero-order chi connectivity index (χ0) is 18.1. The molecule has 0 heterocycles. The van der Waals surface area contributed by atoms with Crippen LogP contribution >= 0.6 is 0 Å². The van der Waals surface area contributed by atoms with Crippen molar-refractivity contribution in [3.8, 4) is 5.75 Å². The Labute approximate surface area is 154 Å². The molecule has 2 rings (SSSR count). The highest BCUT2D eigenvalue weighted by molar-refractivity contribution is 5.26. The highest BCUT2D eigenvalue weighted by atomic mass is 16.3. The summed E-state index contributed by atoms with van der Waals surface area (Å²) in [4.78, 5) is 2.56. The van der Waals surface area contributed by atoms with Crippen molar-refractivity contribution in [1.29, 1.82) is 0 Å². The number of aromatic hydroxyl groups is 1. The van der Waals surface area contributed by atoms with Crippen LogP contribution in [-0.4, -0.2) is 40.3 Å². The fourth-order valence-electron chi connectivity index (χ4n) is 4.20. The largest absolute Gasteiger partial charge is 0.508 e. The number of hydrogen-bond donors (Lipinski definition) is 2. The van der Waals surface area contributed by atoms with Gasteiger partial charge in [0.1, 0.15) is 5.75 Å². The summed E-state index contributed by atoms with van der Waals surface area (Å²) >= 11 is 0. The van der Waals surface area contributed by atoms with E-state index in [1.54, 1.807) is 12.1 Å². The Morgan fingerprint density at radius 3 is 2.40 bits per heavy atom. The maximum absolute atomic E-state index is 10.5. The zero-order valence-electron chi connectivity index (χ0n) is 16.2. The minimum absolute atomic E-state index is 0.101. The molecule has 2 unspecified atom stereocenters. The van der Waals surface area contributed by atoms with Crippen molar-refractivity contribution in [3.05, 3.63) is 29.8 Å². The Kier molecular flexibility index (Phi) is 8.77. The first-order valence-corrected chi connectivity index (χ1v) is 10.3. The van der Waals surface area contributed by atoms with E-state index >= 15 is 0 Å². The lowest BCUT2D eigenvalue weighted by Gasteiger charge is -2.31. The van der Waals surface area contributed by atoms with Crippen LogP contribution in [0.25, 0.3) is 0 Å². The number of phenols is 1. The van der Waals surface area contributed by atoms with Gasteiger partial charge in [-0.05, 0) is 82.2 Å². The van der Waals surface area contributed by atoms with E-state index in [0.29, 0.717) is 17.7 Å². The molecule has 0 bridgehead atoms. The van der Waals surface area contributed by atoms with Crippen LogP contribution in [0.3, 0.4) is 0 Å². The minimum Gasteiger partial charge on any atom is -0.508 e. The second-order valence-electron chi connectivity index (χ2n) is 7.86. The van der Waals surface area contributed by atoms with Crippen LogP contribution in [0.5, 0.6) is 5.75 Å². The summed E-state index contributed by atoms with van der Waals surface area (Å²) in [6.45, 7) is 6.70. The average molecular weight is 348 g/mol. The number of benzene rings is 1. The molecular formula is C22H37NO2. The molecule has 0 radical (unpaired) electrons. The number of nitrogens with zero attached hydrogens (tertiary/aromatic N) is 1. The van der Waals surface area contributed by atoms with Gasteiger partial charge in [0.05, 0.1) is 6.10 Å². The third-order valence-electron chi connectivity index (χ3n) is 5.74. The van der Waals surface area contributed by atoms with Crippen molar-refractivity contribution >= 4 is 0 Å². The Hall–Kier alpha value is -1.06. The Morgan fingerprint density at radius 1 is 1.08 bits per heavy atom. The zero-order valence-corrected chi connectivity index (χ0v) is 16.2. The summed E-state index contributed by atoms with van der Waals surface area (Å²) in [6, 6.07) is 8.06. The van der Waals surface area contributed by atoms with Gasteiger partial charge in [0.25, 0.3) is 0 Å². The molecule has 2 atom stereocenters. The number of phenolic OH excluding ortho intramolecular Hbond substituents is 1. The predicted octanol–water partition coefficient (Wildman–Crippen LogP) is 4.76. The topological polar surface area (TPSA) is 43.7 Å². The predicted molar refractivity (Wildman–Crippen MR) is 105 cm³/mol. The van der Waals surface area contributed by atoms with Crippen molar-refractivity contribution in [2.75, 3.05) is 13.1 Å². The highest BCUT2D eigenvalue weighted by Gasteiger charge is 2.22. The smallest absolute Gasteiger partial charge is 0.115 e. The summed E-state index contributed by atoms with van der Waals surface area (Å²) in [6.07, 6.45) is 10.5. The molecule has 142 valence electrons. The SMILES string of the molecule is CCCN(CCCC(O)C1CCCCC1)C(C)Cc1ccc(O)cc1. The van der Waals surface area contributed by atoms with Crippen LogP contribution < -0.4 is 0 Å². The van der Waals surface area contributed by atoms with E-state index in [-0.39, 0.29) is 6.10 Å². The molecule has 3 heteroatoms. The van der Waals surface area contributed by atoms with Crippen molar-refractivity contribution in [2.45, 2.75) is 83.8 Å². The van der Waals surface area contributed by atoms with Gasteiger partial charge in [-0.15, -0.1) is 0 Å². The lowest BCUT2D eigenvalue weighted by Crippen LogP contribution is -2.36. The fourth-order valence-corrected chi connectivity index (χ4v) is 4.20. The van der Waals surface area contributed by atoms with Gasteiger partial charge in [0.15, 0.2) is 0 Å². The second kappa shape index (κ2) is 10.8. The number of rotatable bonds is 10. The van der Waals surface area contributed by atoms with Gasteiger partial charge in [-0.25, -0.2) is 0 Å². The van der Waals surface area contributed by atoms with E-state index in [2.05, 4.69) is 18.7 Å². The van der Waals surface area contributed by atoms with Gasteiger partial charge in [-0.2, -0.15) is 0 Å². The summed E-state index contributed by atoms with van der Waals surface area (Å²) in [5, 5.41) is 19.9. The average Bonchev–Trinajstić information content (AvgIpc) is 2.63. The lowest BCUT2D eigenvalue weighted by molar-refractivity contribution is 0.0704. The maximum Gasteiger partial charge on any atom is 0.115 e. The molecular weight excluding hydrogens is 310 g/mol. The summed E-state index contributed by atoms with van der Waals surface area (Å²) in [5.74, 6) is 0.876. The first kappa shape index (κ1) is 20.3. The van der Waals surface area contributed by atoms with Gasteiger partial charge in [0.2, 0.25) is 0 Å². The van der Waals surface area contributed by atoms with Gasteiger partial charge in [-0.3, -0.25) is 0 Å².